The molecule has 0 spiro atoms. The molecule has 1 fully saturated rings. The average molecular weight is 288 g/mol. The van der Waals surface area contributed by atoms with Crippen LogP contribution in [0.3, 0.4) is 0 Å². The molecule has 1 atom stereocenters. The predicted octanol–water partition coefficient (Wildman–Crippen LogP) is 1.32. The SMILES string of the molecule is CC(NC(=O)c1ccc2c(c1)CNCC2)(C(=O)O)C1CC1. The van der Waals surface area contributed by atoms with Gasteiger partial charge in [0.2, 0.25) is 0 Å². The van der Waals surface area contributed by atoms with Crippen molar-refractivity contribution in [2.45, 2.75) is 38.3 Å². The van der Waals surface area contributed by atoms with Crippen molar-refractivity contribution in [1.29, 1.82) is 0 Å². The number of aliphatic carboxylic acids is 1. The van der Waals surface area contributed by atoms with Gasteiger partial charge in [0.15, 0.2) is 0 Å². The summed E-state index contributed by atoms with van der Waals surface area (Å²) >= 11 is 0. The molecular weight excluding hydrogens is 268 g/mol. The maximum Gasteiger partial charge on any atom is 0.329 e. The van der Waals surface area contributed by atoms with E-state index in [1.54, 1.807) is 13.0 Å². The van der Waals surface area contributed by atoms with Gasteiger partial charge in [-0.1, -0.05) is 6.07 Å². The van der Waals surface area contributed by atoms with Crippen LogP contribution in [-0.2, 0) is 17.8 Å². The largest absolute Gasteiger partial charge is 0.480 e. The van der Waals surface area contributed by atoms with E-state index in [4.69, 9.17) is 0 Å². The molecule has 5 heteroatoms. The maximum absolute atomic E-state index is 12.4. The fourth-order valence-electron chi connectivity index (χ4n) is 2.92. The van der Waals surface area contributed by atoms with Crippen molar-refractivity contribution in [3.8, 4) is 0 Å². The molecule has 1 aliphatic carbocycles. The van der Waals surface area contributed by atoms with Crippen LogP contribution in [0.25, 0.3) is 0 Å². The van der Waals surface area contributed by atoms with E-state index in [0.717, 1.165) is 37.9 Å². The van der Waals surface area contributed by atoms with Crippen LogP contribution < -0.4 is 10.6 Å². The smallest absolute Gasteiger partial charge is 0.329 e. The van der Waals surface area contributed by atoms with E-state index in [0.29, 0.717) is 5.56 Å². The number of carboxylic acid groups (broad SMARTS) is 1. The monoisotopic (exact) mass is 288 g/mol. The van der Waals surface area contributed by atoms with Gasteiger partial charge in [-0.3, -0.25) is 4.79 Å². The topological polar surface area (TPSA) is 78.4 Å². The summed E-state index contributed by atoms with van der Waals surface area (Å²) in [5, 5.41) is 15.4. The van der Waals surface area contributed by atoms with Gasteiger partial charge in [0.25, 0.3) is 5.91 Å². The highest BCUT2D eigenvalue weighted by atomic mass is 16.4. The number of benzene rings is 1. The van der Waals surface area contributed by atoms with Crippen LogP contribution in [0.1, 0.15) is 41.3 Å². The highest BCUT2D eigenvalue weighted by Gasteiger charge is 2.48. The molecule has 2 aliphatic rings. The minimum atomic E-state index is -1.16. The first-order chi connectivity index (χ1) is 10.0. The molecule has 1 amide bonds. The van der Waals surface area contributed by atoms with E-state index < -0.39 is 11.5 Å². The van der Waals surface area contributed by atoms with E-state index in [1.807, 2.05) is 12.1 Å². The summed E-state index contributed by atoms with van der Waals surface area (Å²) in [6, 6.07) is 5.63. The summed E-state index contributed by atoms with van der Waals surface area (Å²) in [6.07, 6.45) is 2.68. The van der Waals surface area contributed by atoms with Crippen LogP contribution in [0.5, 0.6) is 0 Å². The molecule has 0 bridgehead atoms. The number of hydrogen-bond donors (Lipinski definition) is 3. The lowest BCUT2D eigenvalue weighted by Crippen LogP contribution is -2.54. The highest BCUT2D eigenvalue weighted by Crippen LogP contribution is 2.39. The molecule has 0 aromatic heterocycles. The van der Waals surface area contributed by atoms with Gasteiger partial charge >= 0.3 is 5.97 Å². The van der Waals surface area contributed by atoms with Crippen LogP contribution in [0, 0.1) is 5.92 Å². The quantitative estimate of drug-likeness (QED) is 0.780. The van der Waals surface area contributed by atoms with Gasteiger partial charge in [0.05, 0.1) is 0 Å². The summed E-state index contributed by atoms with van der Waals surface area (Å²) in [6.45, 7) is 3.32. The Hall–Kier alpha value is -1.88. The second-order valence-corrected chi connectivity index (χ2v) is 6.15. The number of carbonyl (C=O) groups excluding carboxylic acids is 1. The van der Waals surface area contributed by atoms with Crippen molar-refractivity contribution >= 4 is 11.9 Å². The average Bonchev–Trinajstić information content (AvgIpc) is 3.31. The first-order valence-electron chi connectivity index (χ1n) is 7.39. The van der Waals surface area contributed by atoms with Crippen molar-refractivity contribution < 1.29 is 14.7 Å². The summed E-state index contributed by atoms with van der Waals surface area (Å²) in [5.41, 5.74) is 1.75. The lowest BCUT2D eigenvalue weighted by Gasteiger charge is -2.26. The van der Waals surface area contributed by atoms with Gasteiger partial charge < -0.3 is 15.7 Å². The van der Waals surface area contributed by atoms with Gasteiger partial charge in [0, 0.05) is 12.1 Å². The third kappa shape index (κ3) is 2.65. The van der Waals surface area contributed by atoms with Gasteiger partial charge in [0.1, 0.15) is 5.54 Å². The Balaban J connectivity index is 1.80. The van der Waals surface area contributed by atoms with Gasteiger partial charge in [-0.25, -0.2) is 4.79 Å². The highest BCUT2D eigenvalue weighted by molar-refractivity contribution is 5.98. The predicted molar refractivity (Wildman–Crippen MR) is 78.1 cm³/mol. The standard InChI is InChI=1S/C16H20N2O3/c1-16(15(20)21,13-4-5-13)18-14(19)11-3-2-10-6-7-17-9-12(10)8-11/h2-3,8,13,17H,4-7,9H2,1H3,(H,18,19)(H,20,21). The summed E-state index contributed by atoms with van der Waals surface area (Å²) in [5.74, 6) is -1.23. The second kappa shape index (κ2) is 5.15. The fourth-order valence-corrected chi connectivity index (χ4v) is 2.92. The van der Waals surface area contributed by atoms with E-state index in [1.165, 1.54) is 5.56 Å². The molecule has 1 aliphatic heterocycles. The molecule has 112 valence electrons. The fraction of sp³-hybridized carbons (Fsp3) is 0.500. The van der Waals surface area contributed by atoms with E-state index in [9.17, 15) is 14.7 Å². The molecule has 1 aromatic rings. The first kappa shape index (κ1) is 14.1. The molecule has 3 rings (SSSR count). The Morgan fingerprint density at radius 2 is 2.10 bits per heavy atom. The molecule has 21 heavy (non-hydrogen) atoms. The van der Waals surface area contributed by atoms with Crippen LogP contribution in [0.15, 0.2) is 18.2 Å². The maximum atomic E-state index is 12.4. The Labute approximate surface area is 123 Å². The third-order valence-electron chi connectivity index (χ3n) is 4.57. The molecule has 0 radical (unpaired) electrons. The van der Waals surface area contributed by atoms with Crippen molar-refractivity contribution in [2.75, 3.05) is 6.54 Å². The first-order valence-corrected chi connectivity index (χ1v) is 7.39. The van der Waals surface area contributed by atoms with Crippen molar-refractivity contribution in [3.63, 3.8) is 0 Å². The molecule has 1 heterocycles. The number of fused-ring (bicyclic) bond motifs is 1. The van der Waals surface area contributed by atoms with Crippen LogP contribution in [-0.4, -0.2) is 29.1 Å². The van der Waals surface area contributed by atoms with Gasteiger partial charge in [-0.2, -0.15) is 0 Å². The molecule has 1 saturated carbocycles. The number of rotatable bonds is 4. The molecule has 1 unspecified atom stereocenters. The van der Waals surface area contributed by atoms with E-state index >= 15 is 0 Å². The lowest BCUT2D eigenvalue weighted by molar-refractivity contribution is -0.144. The Morgan fingerprint density at radius 3 is 2.76 bits per heavy atom. The van der Waals surface area contributed by atoms with Crippen LogP contribution >= 0.6 is 0 Å². The minimum Gasteiger partial charge on any atom is -0.480 e. The Bertz CT molecular complexity index is 595. The zero-order chi connectivity index (χ0) is 15.0. The third-order valence-corrected chi connectivity index (χ3v) is 4.57. The zero-order valence-electron chi connectivity index (χ0n) is 12.1. The molecule has 5 nitrogen and oxygen atoms in total. The second-order valence-electron chi connectivity index (χ2n) is 6.15. The normalized spacial score (nSPS) is 20.2. The Kier molecular flexibility index (Phi) is 3.45. The summed E-state index contributed by atoms with van der Waals surface area (Å²) < 4.78 is 0. The van der Waals surface area contributed by atoms with Gasteiger partial charge in [-0.15, -0.1) is 0 Å². The van der Waals surface area contributed by atoms with E-state index in [-0.39, 0.29) is 11.8 Å². The van der Waals surface area contributed by atoms with Crippen molar-refractivity contribution in [3.05, 3.63) is 34.9 Å². The number of nitrogens with one attached hydrogen (secondary N) is 2. The molecular formula is C16H20N2O3. The van der Waals surface area contributed by atoms with Gasteiger partial charge in [-0.05, 0) is 61.9 Å². The van der Waals surface area contributed by atoms with Crippen molar-refractivity contribution in [2.24, 2.45) is 5.92 Å². The minimum absolute atomic E-state index is 0.0400. The number of carbonyl (C=O) groups is 2. The summed E-state index contributed by atoms with van der Waals surface area (Å²) in [4.78, 5) is 23.9. The van der Waals surface area contributed by atoms with E-state index in [2.05, 4.69) is 10.6 Å². The van der Waals surface area contributed by atoms with Crippen molar-refractivity contribution in [1.82, 2.24) is 10.6 Å². The van der Waals surface area contributed by atoms with Crippen LogP contribution in [0.4, 0.5) is 0 Å². The molecule has 0 saturated heterocycles. The number of carboxylic acids is 1. The summed E-state index contributed by atoms with van der Waals surface area (Å²) in [7, 11) is 0. The Morgan fingerprint density at radius 1 is 1.33 bits per heavy atom. The zero-order valence-corrected chi connectivity index (χ0v) is 12.1. The molecule has 1 aromatic carbocycles. The number of amides is 1. The lowest BCUT2D eigenvalue weighted by atomic mass is 9.94. The molecule has 3 N–H and O–H groups in total. The number of hydrogen-bond acceptors (Lipinski definition) is 3. The van der Waals surface area contributed by atoms with Crippen LogP contribution in [0.2, 0.25) is 0 Å².